The third-order valence-corrected chi connectivity index (χ3v) is 3.98. The average molecular weight is 376 g/mol. The first-order chi connectivity index (χ1) is 11.0. The smallest absolute Gasteiger partial charge is 0.257 e. The highest BCUT2D eigenvalue weighted by atomic mass is 79.9. The molecule has 0 aliphatic rings. The Morgan fingerprint density at radius 1 is 1.26 bits per heavy atom. The summed E-state index contributed by atoms with van der Waals surface area (Å²) in [6.07, 6.45) is 4.40. The van der Waals surface area contributed by atoms with Crippen LogP contribution in [0.4, 0.5) is 11.4 Å². The molecule has 23 heavy (non-hydrogen) atoms. The maximum atomic E-state index is 12.4. The quantitative estimate of drug-likeness (QED) is 0.757. The largest absolute Gasteiger partial charge is 0.384 e. The molecule has 0 spiro atoms. The van der Waals surface area contributed by atoms with E-state index in [4.69, 9.17) is 0 Å². The van der Waals surface area contributed by atoms with E-state index in [1.807, 2.05) is 31.2 Å². The van der Waals surface area contributed by atoms with Gasteiger partial charge in [-0.25, -0.2) is 0 Å². The third-order valence-electron chi connectivity index (χ3n) is 3.49. The molecule has 2 aromatic rings. The first kappa shape index (κ1) is 17.5. The Balaban J connectivity index is 2.04. The summed E-state index contributed by atoms with van der Waals surface area (Å²) in [6.45, 7) is 7.20. The molecule has 0 saturated carbocycles. The number of pyridine rings is 1. The Morgan fingerprint density at radius 3 is 2.74 bits per heavy atom. The fourth-order valence-electron chi connectivity index (χ4n) is 2.13. The van der Waals surface area contributed by atoms with Gasteiger partial charge in [-0.2, -0.15) is 0 Å². The van der Waals surface area contributed by atoms with Crippen LogP contribution in [-0.4, -0.2) is 17.4 Å². The Kier molecular flexibility index (Phi) is 6.16. The Hall–Kier alpha value is -1.88. The lowest BCUT2D eigenvalue weighted by Crippen LogP contribution is -2.14. The summed E-state index contributed by atoms with van der Waals surface area (Å²) in [5.74, 6) is 0.484. The number of nitrogens with one attached hydrogen (secondary N) is 2. The molecule has 0 aliphatic carbocycles. The zero-order chi connectivity index (χ0) is 16.8. The highest BCUT2D eigenvalue weighted by Gasteiger charge is 2.09. The molecule has 1 amide bonds. The van der Waals surface area contributed by atoms with Crippen LogP contribution in [0, 0.1) is 12.8 Å². The van der Waals surface area contributed by atoms with Crippen LogP contribution in [0.2, 0.25) is 0 Å². The second-order valence-corrected chi connectivity index (χ2v) is 6.90. The molecule has 0 saturated heterocycles. The van der Waals surface area contributed by atoms with Crippen LogP contribution in [0.25, 0.3) is 0 Å². The number of aromatic nitrogens is 1. The van der Waals surface area contributed by atoms with E-state index in [1.165, 1.54) is 0 Å². The molecule has 0 unspecified atom stereocenters. The van der Waals surface area contributed by atoms with E-state index in [2.05, 4.69) is 45.4 Å². The second kappa shape index (κ2) is 8.11. The minimum absolute atomic E-state index is 0.157. The fourth-order valence-corrected chi connectivity index (χ4v) is 2.60. The van der Waals surface area contributed by atoms with Crippen molar-refractivity contribution in [1.29, 1.82) is 0 Å². The van der Waals surface area contributed by atoms with Crippen molar-refractivity contribution in [2.45, 2.75) is 27.2 Å². The standard InChI is InChI=1S/C18H22BrN3O/c1-12(2)6-7-21-16-9-14(10-20-11-16)18(23)22-17-5-4-15(19)8-13(17)3/h4-5,8-12,21H,6-7H2,1-3H3,(H,22,23). The minimum Gasteiger partial charge on any atom is -0.384 e. The van der Waals surface area contributed by atoms with Gasteiger partial charge in [0.2, 0.25) is 0 Å². The van der Waals surface area contributed by atoms with Crippen molar-refractivity contribution in [3.8, 4) is 0 Å². The lowest BCUT2D eigenvalue weighted by Gasteiger charge is -2.11. The molecule has 0 fully saturated rings. The number of aryl methyl sites for hydroxylation is 1. The van der Waals surface area contributed by atoms with Crippen LogP contribution in [0.15, 0.2) is 41.1 Å². The zero-order valence-corrected chi connectivity index (χ0v) is 15.3. The lowest BCUT2D eigenvalue weighted by molar-refractivity contribution is 0.102. The molecule has 122 valence electrons. The van der Waals surface area contributed by atoms with E-state index < -0.39 is 0 Å². The van der Waals surface area contributed by atoms with Gasteiger partial charge in [0.15, 0.2) is 0 Å². The maximum absolute atomic E-state index is 12.4. The molecule has 2 rings (SSSR count). The predicted molar refractivity (Wildman–Crippen MR) is 99.0 cm³/mol. The number of amides is 1. The molecular formula is C18H22BrN3O. The van der Waals surface area contributed by atoms with Gasteiger partial charge >= 0.3 is 0 Å². The van der Waals surface area contributed by atoms with Crippen molar-refractivity contribution < 1.29 is 4.79 Å². The number of nitrogens with zero attached hydrogens (tertiary/aromatic N) is 1. The predicted octanol–water partition coefficient (Wildman–Crippen LogP) is 4.86. The van der Waals surface area contributed by atoms with Gasteiger partial charge in [-0.15, -0.1) is 0 Å². The number of anilines is 2. The van der Waals surface area contributed by atoms with Crippen molar-refractivity contribution in [2.75, 3.05) is 17.2 Å². The number of hydrogen-bond donors (Lipinski definition) is 2. The van der Waals surface area contributed by atoms with Crippen LogP contribution in [0.1, 0.15) is 36.2 Å². The number of carbonyl (C=O) groups excluding carboxylic acids is 1. The van der Waals surface area contributed by atoms with Gasteiger partial charge in [-0.1, -0.05) is 29.8 Å². The SMILES string of the molecule is Cc1cc(Br)ccc1NC(=O)c1cncc(NCCC(C)C)c1. The third kappa shape index (κ3) is 5.36. The summed E-state index contributed by atoms with van der Waals surface area (Å²) in [7, 11) is 0. The number of carbonyl (C=O) groups is 1. The van der Waals surface area contributed by atoms with Crippen LogP contribution in [-0.2, 0) is 0 Å². The molecule has 0 bridgehead atoms. The van der Waals surface area contributed by atoms with Crippen molar-refractivity contribution in [2.24, 2.45) is 5.92 Å². The van der Waals surface area contributed by atoms with Gasteiger partial charge < -0.3 is 10.6 Å². The Bertz CT molecular complexity index is 686. The summed E-state index contributed by atoms with van der Waals surface area (Å²) in [5.41, 5.74) is 3.22. The van der Waals surface area contributed by atoms with E-state index in [9.17, 15) is 4.79 Å². The van der Waals surface area contributed by atoms with E-state index in [1.54, 1.807) is 12.4 Å². The monoisotopic (exact) mass is 375 g/mol. The first-order valence-corrected chi connectivity index (χ1v) is 8.51. The van der Waals surface area contributed by atoms with E-state index >= 15 is 0 Å². The first-order valence-electron chi connectivity index (χ1n) is 7.72. The van der Waals surface area contributed by atoms with Crippen molar-refractivity contribution in [3.05, 3.63) is 52.3 Å². The Morgan fingerprint density at radius 2 is 2.04 bits per heavy atom. The topological polar surface area (TPSA) is 54.0 Å². The maximum Gasteiger partial charge on any atom is 0.257 e. The van der Waals surface area contributed by atoms with E-state index in [0.29, 0.717) is 11.5 Å². The zero-order valence-electron chi connectivity index (χ0n) is 13.7. The van der Waals surface area contributed by atoms with Gasteiger partial charge in [-0.05, 0) is 49.1 Å². The molecule has 1 aromatic carbocycles. The molecular weight excluding hydrogens is 354 g/mol. The molecule has 4 nitrogen and oxygen atoms in total. The van der Waals surface area contributed by atoms with Crippen LogP contribution >= 0.6 is 15.9 Å². The van der Waals surface area contributed by atoms with Crippen LogP contribution in [0.5, 0.6) is 0 Å². The van der Waals surface area contributed by atoms with Crippen LogP contribution < -0.4 is 10.6 Å². The molecule has 0 aliphatic heterocycles. The minimum atomic E-state index is -0.157. The molecule has 2 N–H and O–H groups in total. The van der Waals surface area contributed by atoms with Crippen LogP contribution in [0.3, 0.4) is 0 Å². The molecule has 0 radical (unpaired) electrons. The van der Waals surface area contributed by atoms with Gasteiger partial charge in [0.25, 0.3) is 5.91 Å². The highest BCUT2D eigenvalue weighted by Crippen LogP contribution is 2.21. The number of halogens is 1. The fraction of sp³-hybridized carbons (Fsp3) is 0.333. The van der Waals surface area contributed by atoms with E-state index in [0.717, 1.165) is 34.4 Å². The summed E-state index contributed by atoms with van der Waals surface area (Å²) in [5, 5.41) is 6.23. The van der Waals surface area contributed by atoms with E-state index in [-0.39, 0.29) is 5.91 Å². The molecule has 1 aromatic heterocycles. The normalized spacial score (nSPS) is 10.7. The number of rotatable bonds is 6. The van der Waals surface area contributed by atoms with Gasteiger partial charge in [0.1, 0.15) is 0 Å². The summed E-state index contributed by atoms with van der Waals surface area (Å²) in [6, 6.07) is 7.59. The van der Waals surface area contributed by atoms with Gasteiger partial charge in [0, 0.05) is 29.1 Å². The number of hydrogen-bond acceptors (Lipinski definition) is 3. The lowest BCUT2D eigenvalue weighted by atomic mass is 10.1. The molecule has 5 heteroatoms. The van der Waals surface area contributed by atoms with Crippen molar-refractivity contribution in [3.63, 3.8) is 0 Å². The van der Waals surface area contributed by atoms with Gasteiger partial charge in [0.05, 0.1) is 11.3 Å². The van der Waals surface area contributed by atoms with Crippen molar-refractivity contribution in [1.82, 2.24) is 4.98 Å². The summed E-state index contributed by atoms with van der Waals surface area (Å²) in [4.78, 5) is 16.5. The van der Waals surface area contributed by atoms with Crippen molar-refractivity contribution >= 4 is 33.2 Å². The van der Waals surface area contributed by atoms with Gasteiger partial charge in [-0.3, -0.25) is 9.78 Å². The summed E-state index contributed by atoms with van der Waals surface area (Å²) < 4.78 is 0.992. The Labute approximate surface area is 145 Å². The molecule has 0 atom stereocenters. The molecule has 1 heterocycles. The summed E-state index contributed by atoms with van der Waals surface area (Å²) >= 11 is 3.42. The highest BCUT2D eigenvalue weighted by molar-refractivity contribution is 9.10. The average Bonchev–Trinajstić information content (AvgIpc) is 2.50. The second-order valence-electron chi connectivity index (χ2n) is 5.98. The number of benzene rings is 1.